The van der Waals surface area contributed by atoms with Crippen LogP contribution in [0.1, 0.15) is 219 Å². The molecule has 3 aromatic carbocycles. The van der Waals surface area contributed by atoms with Crippen LogP contribution in [0.15, 0.2) is 104 Å². The summed E-state index contributed by atoms with van der Waals surface area (Å²) in [6, 6.07) is 15.3. The highest BCUT2D eigenvalue weighted by atomic mass is 16.7. The van der Waals surface area contributed by atoms with Gasteiger partial charge in [0.2, 0.25) is 0 Å². The minimum Gasteiger partial charge on any atom is -0.493 e. The number of carbonyl (C=O) groups excluding carboxylic acids is 5. The van der Waals surface area contributed by atoms with E-state index < -0.39 is 46.0 Å². The zero-order valence-corrected chi connectivity index (χ0v) is 53.6. The molecule has 4 aliphatic rings. The van der Waals surface area contributed by atoms with Crippen LogP contribution in [-0.4, -0.2) is 70.3 Å². The van der Waals surface area contributed by atoms with E-state index in [9.17, 15) is 43.2 Å². The molecule has 1 fully saturated rings. The summed E-state index contributed by atoms with van der Waals surface area (Å²) in [5.41, 5.74) is -1.09. The average molecular weight is 1240 g/mol. The van der Waals surface area contributed by atoms with Gasteiger partial charge in [-0.2, -0.15) is 0 Å². The Morgan fingerprint density at radius 2 is 0.944 bits per heavy atom. The molecule has 2 unspecified atom stereocenters. The molecule has 1 saturated heterocycles. The number of allylic oxidation sites excluding steroid dienone is 5. The number of amides is 2. The van der Waals surface area contributed by atoms with Crippen molar-refractivity contribution in [2.24, 2.45) is 11.8 Å². The van der Waals surface area contributed by atoms with Crippen molar-refractivity contribution >= 4 is 62.0 Å². The van der Waals surface area contributed by atoms with E-state index in [2.05, 4.69) is 62.4 Å². The Bertz CT molecular complexity index is 3360. The smallest absolute Gasteiger partial charge is 0.336 e. The van der Waals surface area contributed by atoms with Gasteiger partial charge in [-0.05, 0) is 107 Å². The molecule has 2 aromatic heterocycles. The molecule has 17 nitrogen and oxygen atoms in total. The van der Waals surface area contributed by atoms with Gasteiger partial charge in [-0.3, -0.25) is 42.7 Å². The van der Waals surface area contributed by atoms with E-state index in [1.54, 1.807) is 0 Å². The molecule has 2 atom stereocenters. The third-order valence-electron chi connectivity index (χ3n) is 17.4. The van der Waals surface area contributed by atoms with Gasteiger partial charge >= 0.3 is 17.9 Å². The maximum atomic E-state index is 13.0. The van der Waals surface area contributed by atoms with E-state index in [-0.39, 0.29) is 59.2 Å². The van der Waals surface area contributed by atoms with Crippen molar-refractivity contribution in [3.05, 3.63) is 126 Å². The SMILES string of the molecule is CCCCCCCCCCn1c(=O)c2cc3c(=O)n(CCC(=O)OCC4CC=CCC4)c(=O)c3cc2c1=O.CCCCCCOc1cccc2c(OCCCCCCCCCCCOC(=O)C3=CCC3)cccc12.O=C(ON1C(=O)CCC1=O)C1CC=CCC1. The van der Waals surface area contributed by atoms with Crippen LogP contribution >= 0.6 is 0 Å². The Kier molecular flexibility index (Phi) is 29.8. The van der Waals surface area contributed by atoms with Crippen molar-refractivity contribution in [2.75, 3.05) is 26.4 Å². The number of esters is 2. The number of fused-ring (bicyclic) bond motifs is 3. The van der Waals surface area contributed by atoms with E-state index >= 15 is 0 Å². The van der Waals surface area contributed by atoms with E-state index in [0.29, 0.717) is 43.6 Å². The molecule has 0 bridgehead atoms. The molecular weight excluding hydrogens is 1140 g/mol. The molecule has 0 radical (unpaired) electrons. The largest absolute Gasteiger partial charge is 0.493 e. The van der Waals surface area contributed by atoms with Crippen molar-refractivity contribution in [1.82, 2.24) is 14.2 Å². The van der Waals surface area contributed by atoms with Gasteiger partial charge in [0.05, 0.1) is 60.3 Å². The summed E-state index contributed by atoms with van der Waals surface area (Å²) in [6.07, 6.45) is 41.7. The van der Waals surface area contributed by atoms with E-state index in [4.69, 9.17) is 23.8 Å². The number of hydroxylamine groups is 2. The van der Waals surface area contributed by atoms with Crippen molar-refractivity contribution in [3.63, 3.8) is 0 Å². The normalized spacial score (nSPS) is 16.1. The number of aromatic nitrogens is 2. The van der Waals surface area contributed by atoms with Crippen LogP contribution in [0, 0.1) is 11.8 Å². The molecule has 0 saturated carbocycles. The van der Waals surface area contributed by atoms with Crippen molar-refractivity contribution in [3.8, 4) is 11.5 Å². The second-order valence-electron chi connectivity index (χ2n) is 24.5. The lowest BCUT2D eigenvalue weighted by Gasteiger charge is -2.19. The summed E-state index contributed by atoms with van der Waals surface area (Å²) in [5, 5.41) is 3.42. The molecule has 2 amide bonds. The van der Waals surface area contributed by atoms with Crippen LogP contribution in [0.3, 0.4) is 0 Å². The number of rotatable bonds is 36. The maximum absolute atomic E-state index is 13.0. The molecule has 3 aliphatic carbocycles. The van der Waals surface area contributed by atoms with Crippen LogP contribution in [0.2, 0.25) is 0 Å². The van der Waals surface area contributed by atoms with Crippen LogP contribution in [-0.2, 0) is 51.4 Å². The minimum atomic E-state index is -0.556. The van der Waals surface area contributed by atoms with Gasteiger partial charge in [-0.25, -0.2) is 9.59 Å². The summed E-state index contributed by atoms with van der Waals surface area (Å²) in [7, 11) is 0. The topological polar surface area (TPSA) is 213 Å². The first-order valence-electron chi connectivity index (χ1n) is 34.0. The first kappa shape index (κ1) is 70.0. The van der Waals surface area contributed by atoms with E-state index in [1.807, 2.05) is 18.2 Å². The summed E-state index contributed by atoms with van der Waals surface area (Å²) >= 11 is 0. The minimum absolute atomic E-state index is 0.0992. The van der Waals surface area contributed by atoms with Crippen molar-refractivity contribution in [2.45, 2.75) is 232 Å². The van der Waals surface area contributed by atoms with Gasteiger partial charge in [0.15, 0.2) is 0 Å². The Morgan fingerprint density at radius 1 is 0.478 bits per heavy atom. The first-order chi connectivity index (χ1) is 43.9. The van der Waals surface area contributed by atoms with Crippen LogP contribution in [0.25, 0.3) is 32.3 Å². The first-order valence-corrected chi connectivity index (χ1v) is 34.0. The number of benzene rings is 3. The van der Waals surface area contributed by atoms with Crippen LogP contribution in [0.5, 0.6) is 11.5 Å². The number of carbonyl (C=O) groups is 5. The fraction of sp³-hybridized carbons (Fsp3) is 0.575. The van der Waals surface area contributed by atoms with Gasteiger partial charge in [-0.1, -0.05) is 178 Å². The molecule has 3 heterocycles. The molecule has 9 rings (SSSR count). The number of imide groups is 1. The summed E-state index contributed by atoms with van der Waals surface area (Å²) < 4.78 is 25.1. The number of ether oxygens (including phenoxy) is 4. The molecule has 0 spiro atoms. The number of hydrogen-bond donors (Lipinski definition) is 0. The molecule has 1 aliphatic heterocycles. The molecular formula is C73H97N3O14. The fourth-order valence-corrected chi connectivity index (χ4v) is 11.8. The average Bonchev–Trinajstić information content (AvgIpc) is 1.62. The Hall–Kier alpha value is -7.43. The Morgan fingerprint density at radius 3 is 1.42 bits per heavy atom. The number of hydrogen-bond acceptors (Lipinski definition) is 14. The van der Waals surface area contributed by atoms with Gasteiger partial charge in [0.25, 0.3) is 34.1 Å². The monoisotopic (exact) mass is 1240 g/mol. The molecule has 5 aromatic rings. The standard InChI is InChI=1S/C32H46O4.C30H38N2O6.C11H13NO4/c1-2-3-4-12-24-34-30-22-16-21-29-28(30)20-17-23-31(29)35-25-13-10-8-6-5-7-9-11-14-26-36-32(33)27-18-15-19-27;1-2-3-4-5-6-7-8-12-16-31-27(34)22-18-24-25(19-23(22)28(31)35)30(37)32(29(24)36)17-15-26(33)38-20-21-13-10-9-11-14-21;13-9-6-7-10(14)12(9)16-11(15)8-4-2-1-3-5-8/h16-18,20-23H,2-15,19,24-26H2,1H3;9-10,18-19,21H,2-8,11-17,20H2,1H3;1-2,8H,3-7H2. The quantitative estimate of drug-likeness (QED) is 0.0158. The predicted octanol–water partition coefficient (Wildman–Crippen LogP) is 14.2. The Balaban J connectivity index is 0.000000207. The molecule has 17 heteroatoms. The second kappa shape index (κ2) is 38.3. The van der Waals surface area contributed by atoms with E-state index in [1.165, 1.54) is 100 Å². The summed E-state index contributed by atoms with van der Waals surface area (Å²) in [5.74, 6) is 0.100. The van der Waals surface area contributed by atoms with Gasteiger partial charge in [-0.15, -0.1) is 5.06 Å². The van der Waals surface area contributed by atoms with Gasteiger partial charge in [0.1, 0.15) is 11.5 Å². The van der Waals surface area contributed by atoms with Gasteiger partial charge < -0.3 is 23.8 Å². The fourth-order valence-electron chi connectivity index (χ4n) is 11.8. The molecule has 90 heavy (non-hydrogen) atoms. The maximum Gasteiger partial charge on any atom is 0.336 e. The van der Waals surface area contributed by atoms with Crippen molar-refractivity contribution in [1.29, 1.82) is 0 Å². The molecule has 488 valence electrons. The Labute approximate surface area is 529 Å². The second-order valence-corrected chi connectivity index (χ2v) is 24.5. The zero-order valence-electron chi connectivity index (χ0n) is 53.6. The highest BCUT2D eigenvalue weighted by Gasteiger charge is 2.35. The van der Waals surface area contributed by atoms with E-state index in [0.717, 1.165) is 136 Å². The van der Waals surface area contributed by atoms with Crippen LogP contribution < -0.4 is 31.7 Å². The van der Waals surface area contributed by atoms with Gasteiger partial charge in [0, 0.05) is 42.3 Å². The third kappa shape index (κ3) is 21.4. The highest BCUT2D eigenvalue weighted by molar-refractivity contribution is 6.02. The molecule has 0 N–H and O–H groups in total. The number of nitrogens with zero attached hydrogens (tertiary/aromatic N) is 3. The van der Waals surface area contributed by atoms with Crippen LogP contribution in [0.4, 0.5) is 0 Å². The van der Waals surface area contributed by atoms with Crippen molar-refractivity contribution < 1.29 is 47.8 Å². The summed E-state index contributed by atoms with van der Waals surface area (Å²) in [6.45, 7) is 7.09. The lowest BCUT2D eigenvalue weighted by Crippen LogP contribution is -2.34. The summed E-state index contributed by atoms with van der Waals surface area (Å²) in [4.78, 5) is 115. The zero-order chi connectivity index (χ0) is 63.9. The lowest BCUT2D eigenvalue weighted by molar-refractivity contribution is -0.200. The lowest BCUT2D eigenvalue weighted by atomic mass is 9.95. The number of unbranched alkanes of at least 4 members (excludes halogenated alkanes) is 18. The third-order valence-corrected chi connectivity index (χ3v) is 17.4. The highest BCUT2D eigenvalue weighted by Crippen LogP contribution is 2.33. The predicted molar refractivity (Wildman–Crippen MR) is 352 cm³/mol.